The van der Waals surface area contributed by atoms with E-state index in [0.717, 1.165) is 11.6 Å². The molecule has 2 aromatic carbocycles. The second-order valence-electron chi connectivity index (χ2n) is 6.16. The van der Waals surface area contributed by atoms with E-state index in [2.05, 4.69) is 22.4 Å². The Morgan fingerprint density at radius 2 is 1.89 bits per heavy atom. The lowest BCUT2D eigenvalue weighted by Gasteiger charge is -2.34. The summed E-state index contributed by atoms with van der Waals surface area (Å²) < 4.78 is 57.0. The Kier molecular flexibility index (Phi) is 5.20. The first-order valence-corrected chi connectivity index (χ1v) is 9.07. The second-order valence-corrected chi connectivity index (χ2v) is 6.97. The van der Waals surface area contributed by atoms with Gasteiger partial charge >= 0.3 is 6.18 Å². The molecular formula is C18H16F3N3OS2. The molecule has 0 spiro atoms. The van der Waals surface area contributed by atoms with Gasteiger partial charge in [0.15, 0.2) is 5.54 Å². The number of aryl methyl sites for hydroxylation is 1. The van der Waals surface area contributed by atoms with Crippen LogP contribution in [0.5, 0.6) is 0 Å². The SMILES string of the molecule is Cc1ccc(N2C=CC(c3ccccc3S)(C(F)(F)F)N2)c(C)c1N=S=O. The van der Waals surface area contributed by atoms with Crippen molar-refractivity contribution in [1.29, 1.82) is 0 Å². The molecule has 0 aliphatic carbocycles. The average molecular weight is 411 g/mol. The standard InChI is InChI=1S/C18H16F3N3OS2/c1-11-7-8-14(12(2)16(11)22-27-25)24-10-9-17(23-24,18(19,20)21)13-5-3-4-6-15(13)26/h3-10,23,26H,1-2H3. The minimum Gasteiger partial charge on any atom is -0.283 e. The summed E-state index contributed by atoms with van der Waals surface area (Å²) in [7, 11) is 0. The van der Waals surface area contributed by atoms with Crippen LogP contribution in [0.4, 0.5) is 24.5 Å². The monoisotopic (exact) mass is 411 g/mol. The molecule has 2 aromatic rings. The summed E-state index contributed by atoms with van der Waals surface area (Å²) in [4.78, 5) is 0.230. The molecule has 0 saturated heterocycles. The van der Waals surface area contributed by atoms with E-state index in [4.69, 9.17) is 0 Å². The fourth-order valence-electron chi connectivity index (χ4n) is 3.12. The Hall–Kier alpha value is -2.10. The predicted octanol–water partition coefficient (Wildman–Crippen LogP) is 4.92. The smallest absolute Gasteiger partial charge is 0.283 e. The van der Waals surface area contributed by atoms with Crippen LogP contribution in [0.1, 0.15) is 16.7 Å². The lowest BCUT2D eigenvalue weighted by Crippen LogP contribution is -2.54. The van der Waals surface area contributed by atoms with E-state index in [9.17, 15) is 17.4 Å². The highest BCUT2D eigenvalue weighted by atomic mass is 32.1. The number of nitrogens with zero attached hydrogens (tertiary/aromatic N) is 2. The summed E-state index contributed by atoms with van der Waals surface area (Å²) in [6, 6.07) is 9.49. The average Bonchev–Trinajstić information content (AvgIpc) is 3.05. The number of nitrogens with one attached hydrogen (secondary N) is 1. The maximum absolute atomic E-state index is 14.1. The first kappa shape index (κ1) is 19.7. The van der Waals surface area contributed by atoms with Gasteiger partial charge in [-0.1, -0.05) is 24.3 Å². The first-order chi connectivity index (χ1) is 12.7. The maximum Gasteiger partial charge on any atom is 0.416 e. The zero-order valence-electron chi connectivity index (χ0n) is 14.4. The summed E-state index contributed by atoms with van der Waals surface area (Å²) in [6.07, 6.45) is -2.20. The number of hydrogen-bond acceptors (Lipinski definition) is 5. The fraction of sp³-hybridized carbons (Fsp3) is 0.222. The van der Waals surface area contributed by atoms with Crippen molar-refractivity contribution in [3.8, 4) is 0 Å². The summed E-state index contributed by atoms with van der Waals surface area (Å²) >= 11 is 4.27. The number of anilines is 1. The molecule has 0 fully saturated rings. The molecule has 1 unspecified atom stereocenters. The van der Waals surface area contributed by atoms with Gasteiger partial charge in [-0.15, -0.1) is 12.6 Å². The van der Waals surface area contributed by atoms with Crippen LogP contribution in [0.25, 0.3) is 0 Å². The molecule has 0 aromatic heterocycles. The highest BCUT2D eigenvalue weighted by Gasteiger charge is 2.58. The molecule has 27 heavy (non-hydrogen) atoms. The summed E-state index contributed by atoms with van der Waals surface area (Å²) in [5.41, 5.74) is 2.48. The van der Waals surface area contributed by atoms with Crippen molar-refractivity contribution in [1.82, 2.24) is 5.43 Å². The van der Waals surface area contributed by atoms with Crippen LogP contribution in [-0.4, -0.2) is 10.4 Å². The Labute approximate surface area is 163 Å². The number of alkyl halides is 3. The van der Waals surface area contributed by atoms with Gasteiger partial charge in [0.2, 0.25) is 11.5 Å². The van der Waals surface area contributed by atoms with Crippen molar-refractivity contribution in [3.05, 3.63) is 65.4 Å². The number of rotatable bonds is 3. The van der Waals surface area contributed by atoms with Gasteiger partial charge in [-0.2, -0.15) is 21.7 Å². The lowest BCUT2D eigenvalue weighted by molar-refractivity contribution is -0.183. The van der Waals surface area contributed by atoms with Gasteiger partial charge in [0.1, 0.15) is 0 Å². The van der Waals surface area contributed by atoms with Crippen LogP contribution >= 0.6 is 12.6 Å². The van der Waals surface area contributed by atoms with Gasteiger partial charge in [-0.25, -0.2) is 5.43 Å². The quantitative estimate of drug-likeness (QED) is 0.705. The predicted molar refractivity (Wildman–Crippen MR) is 102 cm³/mol. The second kappa shape index (κ2) is 7.14. The van der Waals surface area contributed by atoms with Crippen LogP contribution in [0.3, 0.4) is 0 Å². The lowest BCUT2D eigenvalue weighted by atomic mass is 9.90. The van der Waals surface area contributed by atoms with Crippen molar-refractivity contribution >= 4 is 35.5 Å². The first-order valence-electron chi connectivity index (χ1n) is 7.93. The molecule has 0 bridgehead atoms. The van der Waals surface area contributed by atoms with Gasteiger partial charge < -0.3 is 0 Å². The number of halogens is 3. The molecule has 9 heteroatoms. The van der Waals surface area contributed by atoms with Crippen LogP contribution < -0.4 is 10.4 Å². The van der Waals surface area contributed by atoms with Crippen LogP contribution in [0, 0.1) is 13.8 Å². The van der Waals surface area contributed by atoms with Crippen LogP contribution in [0.2, 0.25) is 0 Å². The molecule has 0 radical (unpaired) electrons. The Balaban J connectivity index is 2.10. The number of hydrogen-bond donors (Lipinski definition) is 2. The molecule has 1 heterocycles. The van der Waals surface area contributed by atoms with Crippen molar-refractivity contribution in [2.75, 3.05) is 5.01 Å². The van der Waals surface area contributed by atoms with Gasteiger partial charge in [-0.3, -0.25) is 5.01 Å². The Morgan fingerprint density at radius 1 is 1.19 bits per heavy atom. The third-order valence-electron chi connectivity index (χ3n) is 4.54. The van der Waals surface area contributed by atoms with E-state index in [1.165, 1.54) is 23.3 Å². The number of thiol groups is 1. The summed E-state index contributed by atoms with van der Waals surface area (Å²) in [6.45, 7) is 3.50. The fourth-order valence-corrected chi connectivity index (χ4v) is 3.82. The molecule has 142 valence electrons. The van der Waals surface area contributed by atoms with Gasteiger partial charge in [0.05, 0.1) is 11.4 Å². The molecule has 0 amide bonds. The molecule has 4 nitrogen and oxygen atoms in total. The molecule has 0 saturated carbocycles. The Morgan fingerprint density at radius 3 is 2.52 bits per heavy atom. The van der Waals surface area contributed by atoms with E-state index < -0.39 is 11.7 Å². The molecule has 1 aliphatic rings. The Bertz CT molecular complexity index is 971. The topological polar surface area (TPSA) is 44.7 Å². The van der Waals surface area contributed by atoms with Crippen molar-refractivity contribution < 1.29 is 17.4 Å². The summed E-state index contributed by atoms with van der Waals surface area (Å²) in [5, 5.41) is 1.30. The molecule has 1 N–H and O–H groups in total. The van der Waals surface area contributed by atoms with Crippen molar-refractivity contribution in [3.63, 3.8) is 0 Å². The van der Waals surface area contributed by atoms with Crippen molar-refractivity contribution in [2.24, 2.45) is 4.36 Å². The highest BCUT2D eigenvalue weighted by Crippen LogP contribution is 2.46. The number of benzene rings is 2. The van der Waals surface area contributed by atoms with Gasteiger partial charge in [0.25, 0.3) is 0 Å². The maximum atomic E-state index is 14.1. The molecular weight excluding hydrogens is 395 g/mol. The minimum absolute atomic E-state index is 0.00405. The zero-order chi connectivity index (χ0) is 19.8. The van der Waals surface area contributed by atoms with E-state index in [1.54, 1.807) is 38.1 Å². The number of hydrazine groups is 1. The molecule has 3 rings (SSSR count). The summed E-state index contributed by atoms with van der Waals surface area (Å²) in [5.74, 6) is 0. The van der Waals surface area contributed by atoms with E-state index in [0.29, 0.717) is 16.9 Å². The van der Waals surface area contributed by atoms with Crippen LogP contribution in [0.15, 0.2) is 57.9 Å². The third kappa shape index (κ3) is 3.30. The normalized spacial score (nSPS) is 19.4. The third-order valence-corrected chi connectivity index (χ3v) is 5.19. The zero-order valence-corrected chi connectivity index (χ0v) is 16.1. The van der Waals surface area contributed by atoms with E-state index >= 15 is 0 Å². The van der Waals surface area contributed by atoms with Crippen molar-refractivity contribution in [2.45, 2.75) is 30.5 Å². The molecule has 1 aliphatic heterocycles. The van der Waals surface area contributed by atoms with E-state index in [-0.39, 0.29) is 21.9 Å². The largest absolute Gasteiger partial charge is 0.416 e. The van der Waals surface area contributed by atoms with E-state index in [1.807, 2.05) is 0 Å². The van der Waals surface area contributed by atoms with Gasteiger partial charge in [-0.05, 0) is 37.6 Å². The highest BCUT2D eigenvalue weighted by molar-refractivity contribution is 7.80. The minimum atomic E-state index is -4.60. The molecule has 1 atom stereocenters. The van der Waals surface area contributed by atoms with Crippen LogP contribution in [-0.2, 0) is 17.0 Å². The van der Waals surface area contributed by atoms with Gasteiger partial charge in [0, 0.05) is 22.2 Å².